The third kappa shape index (κ3) is 40.3. The highest BCUT2D eigenvalue weighted by atomic mass is 16.5. The van der Waals surface area contributed by atoms with Crippen molar-refractivity contribution in [2.24, 2.45) is 0 Å². The number of nitrogens with one attached hydrogen (secondary N) is 1. The van der Waals surface area contributed by atoms with E-state index in [1.165, 1.54) is 167 Å². The summed E-state index contributed by atoms with van der Waals surface area (Å²) in [5.41, 5.74) is 0. The van der Waals surface area contributed by atoms with Crippen molar-refractivity contribution >= 4 is 11.9 Å². The average Bonchev–Trinajstić information content (AvgIpc) is 3.17. The molecular formula is C48H93NO5. The predicted molar refractivity (Wildman–Crippen MR) is 232 cm³/mol. The summed E-state index contributed by atoms with van der Waals surface area (Å²) in [7, 11) is 0. The van der Waals surface area contributed by atoms with Gasteiger partial charge >= 0.3 is 5.97 Å². The maximum absolute atomic E-state index is 12.4. The van der Waals surface area contributed by atoms with Crippen LogP contribution in [-0.4, -0.2) is 47.4 Å². The molecule has 0 fully saturated rings. The minimum atomic E-state index is -0.676. The molecule has 0 saturated carbocycles. The number of rotatable bonds is 44. The lowest BCUT2D eigenvalue weighted by Crippen LogP contribution is -2.45. The van der Waals surface area contributed by atoms with Gasteiger partial charge in [0.2, 0.25) is 5.91 Å². The Morgan fingerprint density at radius 1 is 0.500 bits per heavy atom. The van der Waals surface area contributed by atoms with Gasteiger partial charge in [0.05, 0.1) is 25.4 Å². The molecule has 0 aliphatic rings. The summed E-state index contributed by atoms with van der Waals surface area (Å²) in [5.74, 6) is -0.0822. The first kappa shape index (κ1) is 52.6. The number of esters is 1. The summed E-state index contributed by atoms with van der Waals surface area (Å²) in [6, 6.07) is -0.555. The Kier molecular flexibility index (Phi) is 43.2. The highest BCUT2D eigenvalue weighted by Crippen LogP contribution is 2.15. The lowest BCUT2D eigenvalue weighted by Gasteiger charge is -2.22. The number of carbonyl (C=O) groups is 2. The van der Waals surface area contributed by atoms with Crippen molar-refractivity contribution in [2.45, 2.75) is 270 Å². The van der Waals surface area contributed by atoms with Gasteiger partial charge in [-0.05, 0) is 51.4 Å². The third-order valence-corrected chi connectivity index (χ3v) is 11.1. The smallest absolute Gasteiger partial charge is 0.305 e. The SMILES string of the molecule is CCCCCCCC/C=C\CCCCCCCCCC(=O)OCCCCCCCCCCCCC(=O)NC(CO)C(O)CCCCCCCCCCCC. The van der Waals surface area contributed by atoms with Gasteiger partial charge < -0.3 is 20.3 Å². The second-order valence-corrected chi connectivity index (χ2v) is 16.4. The number of aliphatic hydroxyl groups excluding tert-OH is 2. The number of hydrogen-bond donors (Lipinski definition) is 3. The molecule has 0 aromatic rings. The van der Waals surface area contributed by atoms with E-state index in [4.69, 9.17) is 4.74 Å². The molecule has 0 rings (SSSR count). The van der Waals surface area contributed by atoms with Gasteiger partial charge in [-0.15, -0.1) is 0 Å². The molecule has 0 radical (unpaired) electrons. The monoisotopic (exact) mass is 764 g/mol. The highest BCUT2D eigenvalue weighted by Gasteiger charge is 2.20. The van der Waals surface area contributed by atoms with Crippen LogP contribution in [0.15, 0.2) is 12.2 Å². The fraction of sp³-hybridized carbons (Fsp3) is 0.917. The normalized spacial score (nSPS) is 12.7. The van der Waals surface area contributed by atoms with Crippen LogP contribution in [-0.2, 0) is 14.3 Å². The Balaban J connectivity index is 3.45. The molecule has 0 aromatic heterocycles. The van der Waals surface area contributed by atoms with Crippen molar-refractivity contribution in [1.29, 1.82) is 0 Å². The van der Waals surface area contributed by atoms with E-state index in [0.717, 1.165) is 57.8 Å². The fourth-order valence-electron chi connectivity index (χ4n) is 7.34. The number of aliphatic hydroxyl groups is 2. The summed E-state index contributed by atoms with van der Waals surface area (Å²) >= 11 is 0. The van der Waals surface area contributed by atoms with Crippen LogP contribution in [0.1, 0.15) is 258 Å². The van der Waals surface area contributed by atoms with Gasteiger partial charge in [0.1, 0.15) is 0 Å². The molecule has 54 heavy (non-hydrogen) atoms. The number of allylic oxidation sites excluding steroid dienone is 2. The van der Waals surface area contributed by atoms with Crippen LogP contribution in [0.3, 0.4) is 0 Å². The molecule has 0 heterocycles. The van der Waals surface area contributed by atoms with E-state index in [1.54, 1.807) is 0 Å². The van der Waals surface area contributed by atoms with Gasteiger partial charge in [-0.3, -0.25) is 9.59 Å². The van der Waals surface area contributed by atoms with E-state index in [2.05, 4.69) is 31.3 Å². The van der Waals surface area contributed by atoms with Crippen LogP contribution >= 0.6 is 0 Å². The van der Waals surface area contributed by atoms with Gasteiger partial charge in [0, 0.05) is 12.8 Å². The van der Waals surface area contributed by atoms with E-state index in [1.807, 2.05) is 0 Å². The lowest BCUT2D eigenvalue weighted by molar-refractivity contribution is -0.143. The van der Waals surface area contributed by atoms with Gasteiger partial charge in [0.25, 0.3) is 0 Å². The van der Waals surface area contributed by atoms with E-state index >= 15 is 0 Å². The molecule has 320 valence electrons. The highest BCUT2D eigenvalue weighted by molar-refractivity contribution is 5.76. The molecule has 6 heteroatoms. The molecule has 6 nitrogen and oxygen atoms in total. The third-order valence-electron chi connectivity index (χ3n) is 11.1. The van der Waals surface area contributed by atoms with Gasteiger partial charge in [-0.1, -0.05) is 206 Å². The molecule has 0 aliphatic heterocycles. The van der Waals surface area contributed by atoms with Crippen molar-refractivity contribution < 1.29 is 24.5 Å². The zero-order chi connectivity index (χ0) is 39.4. The molecule has 0 spiro atoms. The zero-order valence-electron chi connectivity index (χ0n) is 36.2. The van der Waals surface area contributed by atoms with E-state index < -0.39 is 12.1 Å². The van der Waals surface area contributed by atoms with Crippen LogP contribution < -0.4 is 5.32 Å². The zero-order valence-corrected chi connectivity index (χ0v) is 36.2. The molecule has 3 N–H and O–H groups in total. The molecule has 1 amide bonds. The molecule has 0 aliphatic carbocycles. The summed E-state index contributed by atoms with van der Waals surface area (Å²) in [5, 5.41) is 23.1. The molecule has 2 unspecified atom stereocenters. The largest absolute Gasteiger partial charge is 0.466 e. The average molecular weight is 764 g/mol. The maximum Gasteiger partial charge on any atom is 0.305 e. The van der Waals surface area contributed by atoms with E-state index in [-0.39, 0.29) is 18.5 Å². The number of ether oxygens (including phenoxy) is 1. The Bertz CT molecular complexity index is 802. The van der Waals surface area contributed by atoms with Gasteiger partial charge in [0.15, 0.2) is 0 Å². The molecular weight excluding hydrogens is 671 g/mol. The topological polar surface area (TPSA) is 95.9 Å². The standard InChI is InChI=1S/C48H93NO5/c1-3-5-7-9-11-13-15-16-17-18-19-20-21-26-30-34-38-42-48(53)54-43-39-35-31-27-23-22-25-29-33-37-41-47(52)49-45(44-50)46(51)40-36-32-28-24-14-12-10-8-6-4-2/h16-17,45-46,50-51H,3-15,18-44H2,1-2H3,(H,49,52)/b17-16-. The van der Waals surface area contributed by atoms with Crippen LogP contribution in [0.5, 0.6) is 0 Å². The molecule has 2 atom stereocenters. The van der Waals surface area contributed by atoms with Crippen molar-refractivity contribution in [3.8, 4) is 0 Å². The second-order valence-electron chi connectivity index (χ2n) is 16.4. The van der Waals surface area contributed by atoms with Crippen LogP contribution in [0, 0.1) is 0 Å². The fourth-order valence-corrected chi connectivity index (χ4v) is 7.34. The van der Waals surface area contributed by atoms with Crippen LogP contribution in [0.2, 0.25) is 0 Å². The summed E-state index contributed by atoms with van der Waals surface area (Å²) in [4.78, 5) is 24.4. The number of hydrogen-bond acceptors (Lipinski definition) is 5. The first-order valence-corrected chi connectivity index (χ1v) is 23.9. The minimum absolute atomic E-state index is 0.0226. The van der Waals surface area contributed by atoms with E-state index in [9.17, 15) is 19.8 Å². The number of carbonyl (C=O) groups excluding carboxylic acids is 2. The maximum atomic E-state index is 12.4. The molecule has 0 bridgehead atoms. The predicted octanol–water partition coefficient (Wildman–Crippen LogP) is 13.8. The number of amides is 1. The van der Waals surface area contributed by atoms with Crippen molar-refractivity contribution in [3.63, 3.8) is 0 Å². The van der Waals surface area contributed by atoms with Gasteiger partial charge in [-0.25, -0.2) is 0 Å². The Labute approximate surface area is 336 Å². The van der Waals surface area contributed by atoms with Crippen molar-refractivity contribution in [3.05, 3.63) is 12.2 Å². The molecule has 0 saturated heterocycles. The van der Waals surface area contributed by atoms with Crippen LogP contribution in [0.4, 0.5) is 0 Å². The minimum Gasteiger partial charge on any atom is -0.466 e. The van der Waals surface area contributed by atoms with Crippen molar-refractivity contribution in [2.75, 3.05) is 13.2 Å². The summed E-state index contributed by atoms with van der Waals surface area (Å²) < 4.78 is 5.45. The van der Waals surface area contributed by atoms with Gasteiger partial charge in [-0.2, -0.15) is 0 Å². The Hall–Kier alpha value is -1.40. The second kappa shape index (κ2) is 44.3. The first-order valence-electron chi connectivity index (χ1n) is 23.9. The lowest BCUT2D eigenvalue weighted by atomic mass is 10.0. The first-order chi connectivity index (χ1) is 26.5. The summed E-state index contributed by atoms with van der Waals surface area (Å²) in [6.07, 6.45) is 48.8. The Morgan fingerprint density at radius 2 is 0.870 bits per heavy atom. The quantitative estimate of drug-likeness (QED) is 0.0326. The van der Waals surface area contributed by atoms with Crippen LogP contribution in [0.25, 0.3) is 0 Å². The Morgan fingerprint density at radius 3 is 1.31 bits per heavy atom. The van der Waals surface area contributed by atoms with E-state index in [0.29, 0.717) is 25.9 Å². The number of unbranched alkanes of at least 4 members (excludes halogenated alkanes) is 31. The summed E-state index contributed by atoms with van der Waals surface area (Å²) in [6.45, 7) is 4.88. The van der Waals surface area contributed by atoms with Crippen molar-refractivity contribution in [1.82, 2.24) is 5.32 Å². The molecule has 0 aromatic carbocycles.